The van der Waals surface area contributed by atoms with Gasteiger partial charge in [-0.2, -0.15) is 5.10 Å². The molecule has 1 N–H and O–H groups in total. The molecule has 114 valence electrons. The Morgan fingerprint density at radius 2 is 2.20 bits per heavy atom. The molecule has 0 amide bonds. The van der Waals surface area contributed by atoms with E-state index in [1.165, 1.54) is 31.6 Å². The number of aromatic nitrogens is 2. The monoisotopic (exact) mass is 278 g/mol. The van der Waals surface area contributed by atoms with Crippen molar-refractivity contribution in [3.05, 3.63) is 18.0 Å². The van der Waals surface area contributed by atoms with Crippen LogP contribution in [0.2, 0.25) is 0 Å². The van der Waals surface area contributed by atoms with E-state index in [1.54, 1.807) is 0 Å². The van der Waals surface area contributed by atoms with Gasteiger partial charge in [-0.1, -0.05) is 0 Å². The van der Waals surface area contributed by atoms with Crippen molar-refractivity contribution in [3.63, 3.8) is 0 Å². The lowest BCUT2D eigenvalue weighted by molar-refractivity contribution is 0.167. The van der Waals surface area contributed by atoms with Crippen LogP contribution in [-0.2, 0) is 13.5 Å². The van der Waals surface area contributed by atoms with Crippen molar-refractivity contribution in [2.75, 3.05) is 26.2 Å². The van der Waals surface area contributed by atoms with E-state index in [2.05, 4.69) is 42.2 Å². The van der Waals surface area contributed by atoms with Crippen molar-refractivity contribution < 1.29 is 0 Å². The minimum absolute atomic E-state index is 0.233. The summed E-state index contributed by atoms with van der Waals surface area (Å²) in [5.74, 6) is 0.800. The molecule has 0 aromatic carbocycles. The zero-order chi connectivity index (χ0) is 14.6. The summed E-state index contributed by atoms with van der Waals surface area (Å²) in [6.45, 7) is 11.5. The summed E-state index contributed by atoms with van der Waals surface area (Å²) in [7, 11) is 2.03. The van der Waals surface area contributed by atoms with Crippen molar-refractivity contribution >= 4 is 0 Å². The van der Waals surface area contributed by atoms with Crippen LogP contribution in [0, 0.1) is 5.92 Å². The SMILES string of the molecule is Cn1nccc1CCN1CCCC(CNC(C)(C)C)C1. The molecule has 0 saturated carbocycles. The largest absolute Gasteiger partial charge is 0.312 e. The Morgan fingerprint density at radius 1 is 1.40 bits per heavy atom. The molecule has 2 heterocycles. The molecule has 4 nitrogen and oxygen atoms in total. The first-order chi connectivity index (χ1) is 9.44. The predicted molar refractivity (Wildman–Crippen MR) is 83.8 cm³/mol. The average molecular weight is 278 g/mol. The molecule has 2 rings (SSSR count). The summed E-state index contributed by atoms with van der Waals surface area (Å²) >= 11 is 0. The van der Waals surface area contributed by atoms with E-state index >= 15 is 0 Å². The third-order valence-electron chi connectivity index (χ3n) is 4.13. The quantitative estimate of drug-likeness (QED) is 0.895. The van der Waals surface area contributed by atoms with Gasteiger partial charge in [-0.05, 0) is 58.7 Å². The lowest BCUT2D eigenvalue weighted by Gasteiger charge is -2.34. The van der Waals surface area contributed by atoms with Crippen LogP contribution in [0.15, 0.2) is 12.3 Å². The van der Waals surface area contributed by atoms with E-state index in [0.29, 0.717) is 0 Å². The maximum absolute atomic E-state index is 4.24. The van der Waals surface area contributed by atoms with E-state index < -0.39 is 0 Å². The highest BCUT2D eigenvalue weighted by Crippen LogP contribution is 2.17. The Bertz CT molecular complexity index is 405. The number of piperidine rings is 1. The molecule has 1 aromatic heterocycles. The molecule has 0 bridgehead atoms. The number of nitrogens with zero attached hydrogens (tertiary/aromatic N) is 3. The highest BCUT2D eigenvalue weighted by Gasteiger charge is 2.21. The Morgan fingerprint density at radius 3 is 2.85 bits per heavy atom. The lowest BCUT2D eigenvalue weighted by Crippen LogP contribution is -2.45. The van der Waals surface area contributed by atoms with Crippen LogP contribution < -0.4 is 5.32 Å². The summed E-state index contributed by atoms with van der Waals surface area (Å²) in [5.41, 5.74) is 1.57. The third kappa shape index (κ3) is 4.91. The van der Waals surface area contributed by atoms with Gasteiger partial charge in [0.05, 0.1) is 0 Å². The van der Waals surface area contributed by atoms with Gasteiger partial charge in [0, 0.05) is 44.0 Å². The summed E-state index contributed by atoms with van der Waals surface area (Å²) < 4.78 is 1.99. The van der Waals surface area contributed by atoms with Gasteiger partial charge < -0.3 is 10.2 Å². The molecular weight excluding hydrogens is 248 g/mol. The summed E-state index contributed by atoms with van der Waals surface area (Å²) in [6, 6.07) is 2.13. The molecule has 0 spiro atoms. The Kier molecular flexibility index (Phi) is 5.22. The smallest absolute Gasteiger partial charge is 0.0492 e. The first-order valence-electron chi connectivity index (χ1n) is 7.88. The molecule has 1 fully saturated rings. The minimum Gasteiger partial charge on any atom is -0.312 e. The second-order valence-corrected chi connectivity index (χ2v) is 7.14. The molecule has 20 heavy (non-hydrogen) atoms. The van der Waals surface area contributed by atoms with Gasteiger partial charge in [-0.3, -0.25) is 4.68 Å². The van der Waals surface area contributed by atoms with Crippen LogP contribution in [0.5, 0.6) is 0 Å². The molecule has 1 aliphatic heterocycles. The topological polar surface area (TPSA) is 33.1 Å². The zero-order valence-corrected chi connectivity index (χ0v) is 13.5. The van der Waals surface area contributed by atoms with E-state index in [0.717, 1.165) is 25.4 Å². The average Bonchev–Trinajstić information content (AvgIpc) is 2.79. The number of hydrogen-bond acceptors (Lipinski definition) is 3. The summed E-state index contributed by atoms with van der Waals surface area (Å²) in [6.07, 6.45) is 5.70. The van der Waals surface area contributed by atoms with Gasteiger partial charge in [0.2, 0.25) is 0 Å². The van der Waals surface area contributed by atoms with Crippen molar-refractivity contribution in [2.45, 2.75) is 45.6 Å². The van der Waals surface area contributed by atoms with Crippen molar-refractivity contribution in [3.8, 4) is 0 Å². The molecular formula is C16H30N4. The first kappa shape index (κ1) is 15.5. The van der Waals surface area contributed by atoms with E-state index in [1.807, 2.05) is 17.9 Å². The van der Waals surface area contributed by atoms with Crippen LogP contribution in [0.3, 0.4) is 0 Å². The Hall–Kier alpha value is -0.870. The molecule has 0 aliphatic carbocycles. The van der Waals surface area contributed by atoms with Crippen molar-refractivity contribution in [1.82, 2.24) is 20.0 Å². The number of aryl methyl sites for hydroxylation is 1. The van der Waals surface area contributed by atoms with Crippen molar-refractivity contribution in [1.29, 1.82) is 0 Å². The Balaban J connectivity index is 1.74. The zero-order valence-electron chi connectivity index (χ0n) is 13.5. The predicted octanol–water partition coefficient (Wildman–Crippen LogP) is 2.06. The molecule has 1 aromatic rings. The van der Waals surface area contributed by atoms with Crippen molar-refractivity contribution in [2.24, 2.45) is 13.0 Å². The van der Waals surface area contributed by atoms with Crippen LogP contribution in [-0.4, -0.2) is 46.4 Å². The summed E-state index contributed by atoms with van der Waals surface area (Å²) in [4.78, 5) is 2.62. The lowest BCUT2D eigenvalue weighted by atomic mass is 9.96. The van der Waals surface area contributed by atoms with Crippen LogP contribution in [0.25, 0.3) is 0 Å². The second kappa shape index (κ2) is 6.72. The van der Waals surface area contributed by atoms with Gasteiger partial charge in [-0.15, -0.1) is 0 Å². The molecule has 1 unspecified atom stereocenters. The van der Waals surface area contributed by atoms with Gasteiger partial charge in [0.25, 0.3) is 0 Å². The fourth-order valence-corrected chi connectivity index (χ4v) is 2.89. The molecule has 0 radical (unpaired) electrons. The Labute approximate surface area is 123 Å². The molecule has 1 saturated heterocycles. The van der Waals surface area contributed by atoms with Crippen LogP contribution >= 0.6 is 0 Å². The number of nitrogens with one attached hydrogen (secondary N) is 1. The fraction of sp³-hybridized carbons (Fsp3) is 0.812. The molecule has 4 heteroatoms. The van der Waals surface area contributed by atoms with Crippen LogP contribution in [0.4, 0.5) is 0 Å². The summed E-state index contributed by atoms with van der Waals surface area (Å²) in [5, 5.41) is 7.89. The maximum Gasteiger partial charge on any atom is 0.0492 e. The first-order valence-corrected chi connectivity index (χ1v) is 7.88. The molecule has 1 aliphatic rings. The normalized spacial score (nSPS) is 21.3. The number of rotatable bonds is 5. The fourth-order valence-electron chi connectivity index (χ4n) is 2.89. The second-order valence-electron chi connectivity index (χ2n) is 7.14. The highest BCUT2D eigenvalue weighted by atomic mass is 15.3. The van der Waals surface area contributed by atoms with Crippen LogP contribution in [0.1, 0.15) is 39.3 Å². The standard InChI is InChI=1S/C16H30N4/c1-16(2,3)17-12-14-6-5-10-20(13-14)11-8-15-7-9-18-19(15)4/h7,9,14,17H,5-6,8,10-13H2,1-4H3. The van der Waals surface area contributed by atoms with Gasteiger partial charge in [0.1, 0.15) is 0 Å². The van der Waals surface area contributed by atoms with Gasteiger partial charge in [-0.25, -0.2) is 0 Å². The highest BCUT2D eigenvalue weighted by molar-refractivity contribution is 5.00. The van der Waals surface area contributed by atoms with E-state index in [-0.39, 0.29) is 5.54 Å². The maximum atomic E-state index is 4.24. The third-order valence-corrected chi connectivity index (χ3v) is 4.13. The number of hydrogen-bond donors (Lipinski definition) is 1. The number of likely N-dealkylation sites (tertiary alicyclic amines) is 1. The van der Waals surface area contributed by atoms with Gasteiger partial charge >= 0.3 is 0 Å². The van der Waals surface area contributed by atoms with E-state index in [4.69, 9.17) is 0 Å². The van der Waals surface area contributed by atoms with E-state index in [9.17, 15) is 0 Å². The minimum atomic E-state index is 0.233. The molecule has 1 atom stereocenters. The van der Waals surface area contributed by atoms with Gasteiger partial charge in [0.15, 0.2) is 0 Å².